The van der Waals surface area contributed by atoms with Crippen molar-refractivity contribution in [2.24, 2.45) is 0 Å². The lowest BCUT2D eigenvalue weighted by atomic mass is 9.99. The lowest BCUT2D eigenvalue weighted by Gasteiger charge is -2.42. The van der Waals surface area contributed by atoms with E-state index < -0.39 is 8.32 Å². The van der Waals surface area contributed by atoms with Gasteiger partial charge in [-0.25, -0.2) is 0 Å². The lowest BCUT2D eigenvalue weighted by molar-refractivity contribution is -0.135. The van der Waals surface area contributed by atoms with Crippen molar-refractivity contribution in [3.05, 3.63) is 61.2 Å². The zero-order valence-electron chi connectivity index (χ0n) is 23.5. The molecule has 0 amide bonds. The molecule has 1 heterocycles. The molecule has 1 aliphatic rings. The van der Waals surface area contributed by atoms with Crippen LogP contribution in [-0.4, -0.2) is 44.4 Å². The van der Waals surface area contributed by atoms with Crippen LogP contribution in [0.15, 0.2) is 55.6 Å². The van der Waals surface area contributed by atoms with E-state index in [9.17, 15) is 0 Å². The van der Waals surface area contributed by atoms with Gasteiger partial charge in [0.25, 0.3) is 0 Å². The number of benzene rings is 1. The third-order valence-electron chi connectivity index (χ3n) is 7.55. The molecule has 5 atom stereocenters. The van der Waals surface area contributed by atoms with E-state index in [0.717, 1.165) is 31.2 Å². The molecule has 1 aromatic carbocycles. The van der Waals surface area contributed by atoms with Crippen LogP contribution < -0.4 is 0 Å². The van der Waals surface area contributed by atoms with Crippen LogP contribution >= 0.6 is 0 Å². The second-order valence-corrected chi connectivity index (χ2v) is 16.6. The standard InChI is InChI=1S/C30H50O4Si/c1-11-17-25(31-22-23-19-15-14-16-20-23)24(13-3)32-27(21-28-30(7,8)33-28)26(18-12-2)34-35(9,10)29(4,5)6/h11-12,14-16,19-20,24-28H,1-2,13,17-18,21-22H2,3-10H3/t24-,25+,26-,27-,28?/m0/s1. The Bertz CT molecular complexity index is 783. The SMILES string of the molecule is C=CC[C@H](O[Si](C)(C)C(C)(C)C)[C@H](CC1OC1(C)C)O[C@@H](CC)[C@@H](CC=C)OCc1ccccc1. The van der Waals surface area contributed by atoms with Crippen molar-refractivity contribution in [2.45, 2.75) is 128 Å². The molecule has 0 N–H and O–H groups in total. The summed E-state index contributed by atoms with van der Waals surface area (Å²) in [6.07, 6.45) is 6.87. The van der Waals surface area contributed by atoms with Crippen molar-refractivity contribution in [1.82, 2.24) is 0 Å². The van der Waals surface area contributed by atoms with Gasteiger partial charge in [0.1, 0.15) is 0 Å². The predicted molar refractivity (Wildman–Crippen MR) is 149 cm³/mol. The Morgan fingerprint density at radius 2 is 1.57 bits per heavy atom. The molecule has 5 heteroatoms. The molecule has 0 saturated carbocycles. The molecule has 0 aromatic heterocycles. The van der Waals surface area contributed by atoms with Crippen molar-refractivity contribution < 1.29 is 18.6 Å². The van der Waals surface area contributed by atoms with Crippen molar-refractivity contribution in [1.29, 1.82) is 0 Å². The molecule has 1 aliphatic heterocycles. The van der Waals surface area contributed by atoms with E-state index in [1.54, 1.807) is 0 Å². The lowest BCUT2D eigenvalue weighted by Crippen LogP contribution is -2.49. The summed E-state index contributed by atoms with van der Waals surface area (Å²) in [4.78, 5) is 0. The van der Waals surface area contributed by atoms with E-state index in [1.165, 1.54) is 0 Å². The Morgan fingerprint density at radius 3 is 2.06 bits per heavy atom. The normalized spacial score (nSPS) is 21.1. The maximum absolute atomic E-state index is 6.94. The first-order valence-electron chi connectivity index (χ1n) is 13.2. The van der Waals surface area contributed by atoms with Gasteiger partial charge in [-0.1, -0.05) is 70.2 Å². The van der Waals surface area contributed by atoms with Gasteiger partial charge in [-0.3, -0.25) is 0 Å². The highest BCUT2D eigenvalue weighted by Crippen LogP contribution is 2.42. The zero-order valence-corrected chi connectivity index (χ0v) is 24.5. The second-order valence-electron chi connectivity index (χ2n) is 11.9. The Morgan fingerprint density at radius 1 is 1.00 bits per heavy atom. The maximum Gasteiger partial charge on any atom is 0.192 e. The fourth-order valence-electron chi connectivity index (χ4n) is 4.11. The summed E-state index contributed by atoms with van der Waals surface area (Å²) in [6.45, 7) is 26.5. The fourth-order valence-corrected chi connectivity index (χ4v) is 5.46. The summed E-state index contributed by atoms with van der Waals surface area (Å²) < 4.78 is 26.2. The third-order valence-corrected chi connectivity index (χ3v) is 12.1. The molecule has 35 heavy (non-hydrogen) atoms. The average molecular weight is 503 g/mol. The van der Waals surface area contributed by atoms with Gasteiger partial charge in [0.15, 0.2) is 8.32 Å². The highest BCUT2D eigenvalue weighted by molar-refractivity contribution is 6.74. The van der Waals surface area contributed by atoms with Crippen LogP contribution in [0.2, 0.25) is 18.1 Å². The first-order chi connectivity index (χ1) is 16.3. The summed E-state index contributed by atoms with van der Waals surface area (Å²) in [6, 6.07) is 10.3. The summed E-state index contributed by atoms with van der Waals surface area (Å²) in [7, 11) is -2.01. The molecule has 1 fully saturated rings. The van der Waals surface area contributed by atoms with Crippen molar-refractivity contribution >= 4 is 8.32 Å². The molecule has 1 unspecified atom stereocenters. The van der Waals surface area contributed by atoms with Gasteiger partial charge >= 0.3 is 0 Å². The molecule has 4 nitrogen and oxygen atoms in total. The fraction of sp³-hybridized carbons (Fsp3) is 0.667. The van der Waals surface area contributed by atoms with Crippen LogP contribution in [0.1, 0.15) is 72.8 Å². The largest absolute Gasteiger partial charge is 0.411 e. The molecule has 1 saturated heterocycles. The number of epoxide rings is 1. The first-order valence-corrected chi connectivity index (χ1v) is 16.1. The quantitative estimate of drug-likeness (QED) is 0.131. The Labute approximate surface area is 216 Å². The van der Waals surface area contributed by atoms with Gasteiger partial charge in [-0.2, -0.15) is 0 Å². The van der Waals surface area contributed by atoms with Crippen LogP contribution in [0.5, 0.6) is 0 Å². The van der Waals surface area contributed by atoms with E-state index in [4.69, 9.17) is 18.6 Å². The minimum Gasteiger partial charge on any atom is -0.411 e. The Kier molecular flexibility index (Phi) is 11.0. The van der Waals surface area contributed by atoms with Crippen molar-refractivity contribution in [2.75, 3.05) is 0 Å². The van der Waals surface area contributed by atoms with Gasteiger partial charge < -0.3 is 18.6 Å². The molecular formula is C30H50O4Si. The monoisotopic (exact) mass is 502 g/mol. The summed E-state index contributed by atoms with van der Waals surface area (Å²) in [5, 5.41) is 0.112. The number of rotatable bonds is 16. The summed E-state index contributed by atoms with van der Waals surface area (Å²) in [5.41, 5.74) is 1.05. The molecule has 0 bridgehead atoms. The van der Waals surface area contributed by atoms with Gasteiger partial charge in [0.2, 0.25) is 0 Å². The molecule has 0 aliphatic carbocycles. The number of hydrogen-bond donors (Lipinski definition) is 0. The van der Waals surface area contributed by atoms with E-state index in [1.807, 2.05) is 30.4 Å². The van der Waals surface area contributed by atoms with E-state index in [2.05, 4.69) is 79.9 Å². The predicted octanol–water partition coefficient (Wildman–Crippen LogP) is 7.85. The van der Waals surface area contributed by atoms with E-state index >= 15 is 0 Å². The number of ether oxygens (including phenoxy) is 3. The van der Waals surface area contributed by atoms with Crippen LogP contribution in [0, 0.1) is 0 Å². The van der Waals surface area contributed by atoms with Gasteiger partial charge in [-0.05, 0) is 56.8 Å². The minimum atomic E-state index is -2.01. The van der Waals surface area contributed by atoms with Crippen LogP contribution in [0.3, 0.4) is 0 Å². The third kappa shape index (κ3) is 8.98. The van der Waals surface area contributed by atoms with Crippen molar-refractivity contribution in [3.63, 3.8) is 0 Å². The van der Waals surface area contributed by atoms with E-state index in [0.29, 0.717) is 6.61 Å². The Balaban J connectivity index is 2.25. The van der Waals surface area contributed by atoms with Gasteiger partial charge in [0, 0.05) is 6.42 Å². The zero-order chi connectivity index (χ0) is 26.3. The van der Waals surface area contributed by atoms with Crippen LogP contribution in [0.25, 0.3) is 0 Å². The highest BCUT2D eigenvalue weighted by Gasteiger charge is 2.51. The molecule has 0 spiro atoms. The molecule has 0 radical (unpaired) electrons. The van der Waals surface area contributed by atoms with Crippen molar-refractivity contribution in [3.8, 4) is 0 Å². The molecule has 1 aromatic rings. The van der Waals surface area contributed by atoms with E-state index in [-0.39, 0.29) is 41.2 Å². The molecule has 2 rings (SSSR count). The molecular weight excluding hydrogens is 452 g/mol. The highest BCUT2D eigenvalue weighted by atomic mass is 28.4. The second kappa shape index (κ2) is 12.8. The van der Waals surface area contributed by atoms with Crippen LogP contribution in [-0.2, 0) is 25.2 Å². The molecule has 198 valence electrons. The van der Waals surface area contributed by atoms with Gasteiger partial charge in [0.05, 0.1) is 42.7 Å². The van der Waals surface area contributed by atoms with Gasteiger partial charge in [-0.15, -0.1) is 13.2 Å². The number of hydrogen-bond acceptors (Lipinski definition) is 4. The average Bonchev–Trinajstić information content (AvgIpc) is 3.39. The summed E-state index contributed by atoms with van der Waals surface area (Å²) >= 11 is 0. The maximum atomic E-state index is 6.94. The Hall–Kier alpha value is -1.24. The topological polar surface area (TPSA) is 40.2 Å². The smallest absolute Gasteiger partial charge is 0.192 e. The first kappa shape index (κ1) is 30.0. The minimum absolute atomic E-state index is 0.0686. The van der Waals surface area contributed by atoms with Crippen LogP contribution in [0.4, 0.5) is 0 Å². The summed E-state index contributed by atoms with van der Waals surface area (Å²) in [5.74, 6) is 0.